The quantitative estimate of drug-likeness (QED) is 0.532. The summed E-state index contributed by atoms with van der Waals surface area (Å²) in [6, 6.07) is 9.21. The molecular formula is C29H42N6O2S. The first-order valence-corrected chi connectivity index (χ1v) is 15.4. The van der Waals surface area contributed by atoms with E-state index in [9.17, 15) is 0 Å². The number of aromatic nitrogens is 1. The summed E-state index contributed by atoms with van der Waals surface area (Å²) in [5, 5.41) is 2.41. The number of methoxy groups -OCH3 is 1. The lowest BCUT2D eigenvalue weighted by atomic mass is 10.0. The highest BCUT2D eigenvalue weighted by molar-refractivity contribution is 8.14. The Labute approximate surface area is 231 Å². The summed E-state index contributed by atoms with van der Waals surface area (Å²) in [7, 11) is 1.77. The van der Waals surface area contributed by atoms with Crippen LogP contribution in [0.2, 0.25) is 0 Å². The van der Waals surface area contributed by atoms with Gasteiger partial charge in [-0.2, -0.15) is 0 Å². The average molecular weight is 539 g/mol. The third-order valence-corrected chi connectivity index (χ3v) is 9.70. The maximum absolute atomic E-state index is 5.83. The van der Waals surface area contributed by atoms with Gasteiger partial charge in [-0.15, -0.1) is 0 Å². The Kier molecular flexibility index (Phi) is 8.54. The zero-order valence-corrected chi connectivity index (χ0v) is 23.6. The van der Waals surface area contributed by atoms with Crippen LogP contribution in [0.5, 0.6) is 5.75 Å². The summed E-state index contributed by atoms with van der Waals surface area (Å²) in [5.41, 5.74) is 2.18. The van der Waals surface area contributed by atoms with Crippen molar-refractivity contribution in [3.05, 3.63) is 30.5 Å². The van der Waals surface area contributed by atoms with E-state index in [4.69, 9.17) is 19.5 Å². The molecule has 1 aromatic carbocycles. The number of benzene rings is 1. The van der Waals surface area contributed by atoms with Gasteiger partial charge in [-0.3, -0.25) is 14.9 Å². The van der Waals surface area contributed by atoms with Crippen molar-refractivity contribution in [1.82, 2.24) is 19.7 Å². The summed E-state index contributed by atoms with van der Waals surface area (Å²) < 4.78 is 11.4. The van der Waals surface area contributed by atoms with E-state index in [0.717, 1.165) is 81.6 Å². The number of hydrogen-bond donors (Lipinski definition) is 0. The van der Waals surface area contributed by atoms with Crippen molar-refractivity contribution in [2.75, 3.05) is 89.9 Å². The molecule has 0 bridgehead atoms. The van der Waals surface area contributed by atoms with Crippen LogP contribution in [0.4, 0.5) is 5.69 Å². The van der Waals surface area contributed by atoms with Crippen LogP contribution in [0, 0.1) is 0 Å². The number of likely N-dealkylation sites (tertiary alicyclic amines) is 1. The minimum absolute atomic E-state index is 0.362. The van der Waals surface area contributed by atoms with Crippen LogP contribution < -0.4 is 9.64 Å². The molecule has 0 saturated carbocycles. The highest BCUT2D eigenvalue weighted by Gasteiger charge is 2.35. The van der Waals surface area contributed by atoms with Crippen LogP contribution in [0.1, 0.15) is 25.7 Å². The van der Waals surface area contributed by atoms with Crippen molar-refractivity contribution in [2.24, 2.45) is 4.99 Å². The monoisotopic (exact) mass is 538 g/mol. The first kappa shape index (κ1) is 26.2. The summed E-state index contributed by atoms with van der Waals surface area (Å²) in [6.07, 6.45) is 6.92. The largest absolute Gasteiger partial charge is 0.494 e. The topological polar surface area (TPSA) is 56.7 Å². The second-order valence-electron chi connectivity index (χ2n) is 10.9. The van der Waals surface area contributed by atoms with Crippen molar-refractivity contribution < 1.29 is 9.47 Å². The molecule has 3 saturated heterocycles. The van der Waals surface area contributed by atoms with Gasteiger partial charge in [0.15, 0.2) is 5.17 Å². The molecule has 0 N–H and O–H groups in total. The predicted octanol–water partition coefficient (Wildman–Crippen LogP) is 3.41. The maximum atomic E-state index is 5.83. The van der Waals surface area contributed by atoms with E-state index < -0.39 is 0 Å². The number of hydrogen-bond acceptors (Lipinski definition) is 9. The Morgan fingerprint density at radius 2 is 1.84 bits per heavy atom. The minimum atomic E-state index is 0.362. The second-order valence-corrected chi connectivity index (χ2v) is 11.8. The molecule has 0 radical (unpaired) electrons. The van der Waals surface area contributed by atoms with E-state index in [1.807, 2.05) is 24.0 Å². The van der Waals surface area contributed by atoms with Gasteiger partial charge in [-0.25, -0.2) is 0 Å². The highest BCUT2D eigenvalue weighted by atomic mass is 32.2. The smallest absolute Gasteiger partial charge is 0.159 e. The van der Waals surface area contributed by atoms with Crippen molar-refractivity contribution in [3.8, 4) is 5.75 Å². The van der Waals surface area contributed by atoms with Crippen LogP contribution in [-0.2, 0) is 4.74 Å². The Balaban J connectivity index is 1.20. The molecule has 5 heterocycles. The lowest BCUT2D eigenvalue weighted by molar-refractivity contribution is 0.0691. The van der Waals surface area contributed by atoms with E-state index >= 15 is 0 Å². The fourth-order valence-electron chi connectivity index (χ4n) is 6.51. The number of pyridine rings is 1. The number of ether oxygens (including phenoxy) is 2. The molecule has 8 nitrogen and oxygen atoms in total. The molecule has 9 heteroatoms. The van der Waals surface area contributed by atoms with Crippen LogP contribution in [-0.4, -0.2) is 122 Å². The second kappa shape index (κ2) is 12.4. The summed E-state index contributed by atoms with van der Waals surface area (Å²) in [4.78, 5) is 20.5. The Bertz CT molecular complexity index is 1100. The molecule has 2 unspecified atom stereocenters. The standard InChI is InChI=1S/C29H42N6O2S/c1-36-26-8-7-23-6-4-10-30-27(23)28(26)34-14-5-13-33(16-17-34)25(9-15-32-11-2-3-12-32)24-22-38-29(31-24)35-18-20-37-21-19-35/h4,6-8,10,24-25H,2-3,5,9,11-22H2,1H3. The van der Waals surface area contributed by atoms with Crippen molar-refractivity contribution in [1.29, 1.82) is 0 Å². The molecule has 4 aliphatic rings. The van der Waals surface area contributed by atoms with Crippen LogP contribution in [0.3, 0.4) is 0 Å². The first-order chi connectivity index (χ1) is 18.8. The number of thioether (sulfide) groups is 1. The number of fused-ring (bicyclic) bond motifs is 1. The molecule has 38 heavy (non-hydrogen) atoms. The summed E-state index contributed by atoms with van der Waals surface area (Å²) in [6.45, 7) is 11.4. The number of morpholine rings is 1. The predicted molar refractivity (Wildman–Crippen MR) is 157 cm³/mol. The van der Waals surface area contributed by atoms with E-state index in [-0.39, 0.29) is 0 Å². The van der Waals surface area contributed by atoms with Gasteiger partial charge in [-0.05, 0) is 63.5 Å². The zero-order valence-electron chi connectivity index (χ0n) is 22.8. The average Bonchev–Trinajstić information content (AvgIpc) is 3.62. The van der Waals surface area contributed by atoms with E-state index in [2.05, 4.69) is 37.8 Å². The molecule has 0 amide bonds. The number of aliphatic imine (C=N–C) groups is 1. The molecule has 206 valence electrons. The fraction of sp³-hybridized carbons (Fsp3) is 0.655. The molecule has 2 aromatic rings. The van der Waals surface area contributed by atoms with Crippen molar-refractivity contribution in [2.45, 2.75) is 37.8 Å². The van der Waals surface area contributed by atoms with Crippen LogP contribution in [0.25, 0.3) is 10.9 Å². The maximum Gasteiger partial charge on any atom is 0.159 e. The van der Waals surface area contributed by atoms with Gasteiger partial charge < -0.3 is 24.2 Å². The number of anilines is 1. The Morgan fingerprint density at radius 1 is 0.974 bits per heavy atom. The SMILES string of the molecule is COc1ccc2cccnc2c1N1CCCN(C(CCN2CCCC2)C2CSC(N3CCOCC3)=N2)CC1. The third-order valence-electron chi connectivity index (χ3n) is 8.57. The third kappa shape index (κ3) is 5.76. The van der Waals surface area contributed by atoms with E-state index in [1.165, 1.54) is 49.5 Å². The number of rotatable bonds is 7. The zero-order chi connectivity index (χ0) is 25.7. The number of nitrogens with zero attached hydrogens (tertiary/aromatic N) is 6. The van der Waals surface area contributed by atoms with Gasteiger partial charge in [0.1, 0.15) is 11.4 Å². The summed E-state index contributed by atoms with van der Waals surface area (Å²) in [5.74, 6) is 2.01. The number of amidine groups is 1. The molecule has 0 aliphatic carbocycles. The van der Waals surface area contributed by atoms with Gasteiger partial charge in [0.2, 0.25) is 0 Å². The van der Waals surface area contributed by atoms with E-state index in [0.29, 0.717) is 12.1 Å². The Hall–Kier alpha value is -2.07. The normalized spacial score (nSPS) is 24.6. The first-order valence-electron chi connectivity index (χ1n) is 14.5. The lowest BCUT2D eigenvalue weighted by Gasteiger charge is -2.35. The van der Waals surface area contributed by atoms with Gasteiger partial charge >= 0.3 is 0 Å². The van der Waals surface area contributed by atoms with Crippen LogP contribution >= 0.6 is 11.8 Å². The van der Waals surface area contributed by atoms with Crippen molar-refractivity contribution in [3.63, 3.8) is 0 Å². The minimum Gasteiger partial charge on any atom is -0.494 e. The molecule has 2 atom stereocenters. The van der Waals surface area contributed by atoms with Gasteiger partial charge in [0.05, 0.1) is 31.9 Å². The Morgan fingerprint density at radius 3 is 2.68 bits per heavy atom. The van der Waals surface area contributed by atoms with Crippen molar-refractivity contribution >= 4 is 33.5 Å². The highest BCUT2D eigenvalue weighted by Crippen LogP contribution is 2.36. The molecule has 1 aromatic heterocycles. The van der Waals surface area contributed by atoms with Gasteiger partial charge in [0, 0.05) is 62.6 Å². The summed E-state index contributed by atoms with van der Waals surface area (Å²) >= 11 is 1.96. The molecule has 4 aliphatic heterocycles. The molecule has 6 rings (SSSR count). The molecule has 0 spiro atoms. The fourth-order valence-corrected chi connectivity index (χ4v) is 7.71. The van der Waals surface area contributed by atoms with Gasteiger partial charge in [0.25, 0.3) is 0 Å². The molecule has 3 fully saturated rings. The lowest BCUT2D eigenvalue weighted by Crippen LogP contribution is -2.47. The van der Waals surface area contributed by atoms with Gasteiger partial charge in [-0.1, -0.05) is 17.8 Å². The van der Waals surface area contributed by atoms with E-state index in [1.54, 1.807) is 7.11 Å². The molecular weight excluding hydrogens is 496 g/mol. The van der Waals surface area contributed by atoms with Crippen LogP contribution in [0.15, 0.2) is 35.5 Å².